The molecule has 0 saturated carbocycles. The van der Waals surface area contributed by atoms with Gasteiger partial charge in [-0.1, -0.05) is 30.3 Å². The first-order chi connectivity index (χ1) is 11.7. The Morgan fingerprint density at radius 1 is 1.12 bits per heavy atom. The molecule has 3 aromatic rings. The lowest BCUT2D eigenvalue weighted by Gasteiger charge is -2.08. The van der Waals surface area contributed by atoms with E-state index in [-0.39, 0.29) is 12.5 Å². The van der Waals surface area contributed by atoms with Crippen molar-refractivity contribution in [2.24, 2.45) is 0 Å². The van der Waals surface area contributed by atoms with Crippen molar-refractivity contribution in [3.05, 3.63) is 72.6 Å². The van der Waals surface area contributed by atoms with Crippen LogP contribution in [0.5, 0.6) is 5.75 Å². The van der Waals surface area contributed by atoms with Gasteiger partial charge in [-0.2, -0.15) is 5.10 Å². The molecule has 2 aromatic carbocycles. The van der Waals surface area contributed by atoms with Gasteiger partial charge in [-0.05, 0) is 29.8 Å². The van der Waals surface area contributed by atoms with Gasteiger partial charge in [0.25, 0.3) is 0 Å². The lowest BCUT2D eigenvalue weighted by Crippen LogP contribution is -2.18. The highest BCUT2D eigenvalue weighted by atomic mass is 16.5. The number of carbonyl (C=O) groups is 1. The van der Waals surface area contributed by atoms with Crippen LogP contribution in [0.3, 0.4) is 0 Å². The number of nitrogens with one attached hydrogen (secondary N) is 1. The summed E-state index contributed by atoms with van der Waals surface area (Å²) in [4.78, 5) is 11.9. The van der Waals surface area contributed by atoms with Gasteiger partial charge in [0, 0.05) is 11.9 Å². The third-order valence-corrected chi connectivity index (χ3v) is 3.35. The molecule has 0 spiro atoms. The maximum Gasteiger partial charge on any atom is 0.246 e. The number of carbonyl (C=O) groups excluding carboxylic acids is 1. The summed E-state index contributed by atoms with van der Waals surface area (Å²) in [7, 11) is 0. The normalized spacial score (nSPS) is 10.3. The molecule has 0 saturated heterocycles. The van der Waals surface area contributed by atoms with Gasteiger partial charge in [0.1, 0.15) is 18.9 Å². The van der Waals surface area contributed by atoms with Crippen molar-refractivity contribution >= 4 is 17.3 Å². The van der Waals surface area contributed by atoms with E-state index in [2.05, 4.69) is 10.4 Å². The third kappa shape index (κ3) is 4.36. The van der Waals surface area contributed by atoms with Crippen LogP contribution in [-0.4, -0.2) is 15.7 Å². The first-order valence-corrected chi connectivity index (χ1v) is 7.53. The minimum atomic E-state index is -0.170. The zero-order valence-electron chi connectivity index (χ0n) is 13.1. The van der Waals surface area contributed by atoms with Crippen LogP contribution in [0.1, 0.15) is 5.56 Å². The summed E-state index contributed by atoms with van der Waals surface area (Å²) in [5.74, 6) is 0.577. The summed E-state index contributed by atoms with van der Waals surface area (Å²) >= 11 is 0. The molecular formula is C18H18N4O2. The number of ether oxygens (including phenoxy) is 1. The van der Waals surface area contributed by atoms with E-state index in [0.29, 0.717) is 18.0 Å². The summed E-state index contributed by atoms with van der Waals surface area (Å²) in [6.07, 6.45) is 3.12. The minimum Gasteiger partial charge on any atom is -0.489 e. The maximum absolute atomic E-state index is 11.9. The van der Waals surface area contributed by atoms with Crippen LogP contribution in [0.15, 0.2) is 67.0 Å². The molecule has 3 rings (SSSR count). The summed E-state index contributed by atoms with van der Waals surface area (Å²) in [6.45, 7) is 0.622. The first-order valence-electron chi connectivity index (χ1n) is 7.53. The predicted molar refractivity (Wildman–Crippen MR) is 92.5 cm³/mol. The molecular weight excluding hydrogens is 304 g/mol. The number of hydrogen-bond acceptors (Lipinski definition) is 4. The highest BCUT2D eigenvalue weighted by molar-refractivity contribution is 5.90. The van der Waals surface area contributed by atoms with Gasteiger partial charge >= 0.3 is 0 Å². The van der Waals surface area contributed by atoms with Crippen LogP contribution in [0.25, 0.3) is 0 Å². The molecule has 6 heteroatoms. The van der Waals surface area contributed by atoms with Crippen molar-refractivity contribution in [1.29, 1.82) is 0 Å². The second-order valence-electron chi connectivity index (χ2n) is 5.32. The van der Waals surface area contributed by atoms with E-state index in [0.717, 1.165) is 11.3 Å². The molecule has 0 aliphatic heterocycles. The van der Waals surface area contributed by atoms with Gasteiger partial charge in [0.2, 0.25) is 5.91 Å². The lowest BCUT2D eigenvalue weighted by molar-refractivity contribution is -0.116. The Bertz CT molecular complexity index is 797. The van der Waals surface area contributed by atoms with E-state index in [1.54, 1.807) is 18.3 Å². The quantitative estimate of drug-likeness (QED) is 0.731. The number of benzene rings is 2. The average Bonchev–Trinajstić information content (AvgIpc) is 3.00. The van der Waals surface area contributed by atoms with E-state index in [4.69, 9.17) is 10.5 Å². The van der Waals surface area contributed by atoms with Gasteiger partial charge < -0.3 is 15.8 Å². The highest BCUT2D eigenvalue weighted by Crippen LogP contribution is 2.17. The van der Waals surface area contributed by atoms with Crippen molar-refractivity contribution in [2.75, 3.05) is 11.1 Å². The van der Waals surface area contributed by atoms with Gasteiger partial charge in [-0.15, -0.1) is 0 Å². The summed E-state index contributed by atoms with van der Waals surface area (Å²) in [5.41, 5.74) is 7.90. The summed E-state index contributed by atoms with van der Waals surface area (Å²) < 4.78 is 7.20. The second-order valence-corrected chi connectivity index (χ2v) is 5.32. The Labute approximate surface area is 139 Å². The molecule has 1 amide bonds. The van der Waals surface area contributed by atoms with Crippen molar-refractivity contribution in [1.82, 2.24) is 9.78 Å². The van der Waals surface area contributed by atoms with Gasteiger partial charge in [0.05, 0.1) is 11.9 Å². The first kappa shape index (κ1) is 15.6. The number of rotatable bonds is 6. The molecule has 0 unspecified atom stereocenters. The average molecular weight is 322 g/mol. The van der Waals surface area contributed by atoms with E-state index < -0.39 is 0 Å². The van der Waals surface area contributed by atoms with Crippen molar-refractivity contribution in [2.45, 2.75) is 13.2 Å². The highest BCUT2D eigenvalue weighted by Gasteiger charge is 2.05. The number of nitrogens with zero attached hydrogens (tertiary/aromatic N) is 2. The molecule has 0 aliphatic carbocycles. The number of nitrogens with two attached hydrogens (primary N) is 1. The monoisotopic (exact) mass is 322 g/mol. The molecule has 24 heavy (non-hydrogen) atoms. The maximum atomic E-state index is 11.9. The molecule has 1 heterocycles. The lowest BCUT2D eigenvalue weighted by atomic mass is 10.2. The Hall–Kier alpha value is -3.28. The fraction of sp³-hybridized carbons (Fsp3) is 0.111. The van der Waals surface area contributed by atoms with Gasteiger partial charge in [-0.3, -0.25) is 9.48 Å². The summed E-state index contributed by atoms with van der Waals surface area (Å²) in [5, 5.41) is 6.78. The zero-order valence-corrected chi connectivity index (χ0v) is 13.1. The predicted octanol–water partition coefficient (Wildman–Crippen LogP) is 2.68. The number of aromatic nitrogens is 2. The SMILES string of the molecule is Nc1cnn(CC(=O)Nc2ccc(OCc3ccccc3)cc2)c1. The zero-order chi connectivity index (χ0) is 16.8. The molecule has 0 bridgehead atoms. The van der Waals surface area contributed by atoms with Crippen molar-refractivity contribution < 1.29 is 9.53 Å². The number of nitrogen functional groups attached to an aromatic ring is 1. The van der Waals surface area contributed by atoms with E-state index in [1.165, 1.54) is 10.9 Å². The number of amides is 1. The molecule has 6 nitrogen and oxygen atoms in total. The minimum absolute atomic E-state index is 0.115. The van der Waals surface area contributed by atoms with E-state index in [9.17, 15) is 4.79 Å². The molecule has 0 radical (unpaired) electrons. The fourth-order valence-electron chi connectivity index (χ4n) is 2.19. The standard InChI is InChI=1S/C18H18N4O2/c19-15-10-20-22(11-15)12-18(23)21-16-6-8-17(9-7-16)24-13-14-4-2-1-3-5-14/h1-11H,12-13,19H2,(H,21,23). The molecule has 122 valence electrons. The molecule has 3 N–H and O–H groups in total. The summed E-state index contributed by atoms with van der Waals surface area (Å²) in [6, 6.07) is 17.2. The number of anilines is 2. The van der Waals surface area contributed by atoms with E-state index >= 15 is 0 Å². The van der Waals surface area contributed by atoms with Crippen LogP contribution in [-0.2, 0) is 17.9 Å². The topological polar surface area (TPSA) is 82.2 Å². The number of hydrogen-bond donors (Lipinski definition) is 2. The molecule has 1 aromatic heterocycles. The Balaban J connectivity index is 1.51. The fourth-order valence-corrected chi connectivity index (χ4v) is 2.19. The Morgan fingerprint density at radius 3 is 2.54 bits per heavy atom. The molecule has 0 fully saturated rings. The Morgan fingerprint density at radius 2 is 1.88 bits per heavy atom. The largest absolute Gasteiger partial charge is 0.489 e. The van der Waals surface area contributed by atoms with Gasteiger partial charge in [0.15, 0.2) is 0 Å². The van der Waals surface area contributed by atoms with Crippen LogP contribution in [0.4, 0.5) is 11.4 Å². The second kappa shape index (κ2) is 7.32. The van der Waals surface area contributed by atoms with Crippen LogP contribution in [0.2, 0.25) is 0 Å². The van der Waals surface area contributed by atoms with Crippen molar-refractivity contribution in [3.8, 4) is 5.75 Å². The van der Waals surface area contributed by atoms with Crippen LogP contribution in [0, 0.1) is 0 Å². The smallest absolute Gasteiger partial charge is 0.246 e. The Kier molecular flexibility index (Phi) is 4.76. The van der Waals surface area contributed by atoms with Crippen LogP contribution < -0.4 is 15.8 Å². The molecule has 0 aliphatic rings. The van der Waals surface area contributed by atoms with E-state index in [1.807, 2.05) is 42.5 Å². The van der Waals surface area contributed by atoms with Crippen molar-refractivity contribution in [3.63, 3.8) is 0 Å². The van der Waals surface area contributed by atoms with Crippen LogP contribution >= 0.6 is 0 Å². The molecule has 0 atom stereocenters. The third-order valence-electron chi connectivity index (χ3n) is 3.35. The van der Waals surface area contributed by atoms with Gasteiger partial charge in [-0.25, -0.2) is 0 Å².